The third-order valence-corrected chi connectivity index (χ3v) is 2.88. The molecule has 5 heteroatoms. The number of ether oxygens (including phenoxy) is 1. The van der Waals surface area contributed by atoms with Gasteiger partial charge >= 0.3 is 0 Å². The number of oxime groups is 1. The van der Waals surface area contributed by atoms with E-state index >= 15 is 0 Å². The van der Waals surface area contributed by atoms with Crippen LogP contribution in [-0.2, 0) is 0 Å². The topological polar surface area (TPSA) is 80.7 Å². The van der Waals surface area contributed by atoms with E-state index in [1.807, 2.05) is 6.92 Å². The molecule has 106 valence electrons. The quantitative estimate of drug-likeness (QED) is 0.249. The number of rotatable bonds is 8. The Kier molecular flexibility index (Phi) is 6.71. The molecule has 1 rings (SSSR count). The molecule has 1 aromatic heterocycles. The van der Waals surface area contributed by atoms with Crippen molar-refractivity contribution in [2.45, 2.75) is 52.1 Å². The largest absolute Gasteiger partial charge is 0.475 e. The molecule has 5 nitrogen and oxygen atoms in total. The summed E-state index contributed by atoms with van der Waals surface area (Å²) < 4.78 is 5.73. The van der Waals surface area contributed by atoms with Gasteiger partial charge in [-0.05, 0) is 25.8 Å². The highest BCUT2D eigenvalue weighted by Crippen LogP contribution is 2.13. The van der Waals surface area contributed by atoms with Gasteiger partial charge in [0.05, 0.1) is 6.10 Å². The minimum Gasteiger partial charge on any atom is -0.475 e. The summed E-state index contributed by atoms with van der Waals surface area (Å²) >= 11 is 0. The smallest absolute Gasteiger partial charge is 0.214 e. The first kappa shape index (κ1) is 15.3. The van der Waals surface area contributed by atoms with Crippen molar-refractivity contribution in [1.82, 2.24) is 4.98 Å². The lowest BCUT2D eigenvalue weighted by molar-refractivity contribution is 0.198. The molecule has 1 heterocycles. The Bertz CT molecular complexity index is 407. The van der Waals surface area contributed by atoms with Crippen LogP contribution in [0.1, 0.15) is 51.6 Å². The minimum atomic E-state index is -0.0129. The monoisotopic (exact) mass is 265 g/mol. The van der Waals surface area contributed by atoms with E-state index in [1.54, 1.807) is 18.2 Å². The van der Waals surface area contributed by atoms with Crippen molar-refractivity contribution in [1.29, 1.82) is 0 Å². The van der Waals surface area contributed by atoms with Crippen LogP contribution in [-0.4, -0.2) is 22.1 Å². The fourth-order valence-electron chi connectivity index (χ4n) is 1.80. The molecule has 0 bridgehead atoms. The molecule has 0 aromatic carbocycles. The highest BCUT2D eigenvalue weighted by atomic mass is 16.5. The van der Waals surface area contributed by atoms with Crippen molar-refractivity contribution >= 4 is 5.84 Å². The average molecular weight is 265 g/mol. The van der Waals surface area contributed by atoms with E-state index in [-0.39, 0.29) is 11.9 Å². The second kappa shape index (κ2) is 8.34. The van der Waals surface area contributed by atoms with Crippen LogP contribution in [0.15, 0.2) is 23.4 Å². The van der Waals surface area contributed by atoms with Crippen LogP contribution in [0, 0.1) is 0 Å². The Morgan fingerprint density at radius 1 is 1.42 bits per heavy atom. The van der Waals surface area contributed by atoms with E-state index in [9.17, 15) is 0 Å². The fourth-order valence-corrected chi connectivity index (χ4v) is 1.80. The van der Waals surface area contributed by atoms with Crippen LogP contribution in [0.5, 0.6) is 5.88 Å². The van der Waals surface area contributed by atoms with Crippen LogP contribution in [0.4, 0.5) is 0 Å². The molecule has 0 aliphatic heterocycles. The van der Waals surface area contributed by atoms with Crippen LogP contribution >= 0.6 is 0 Å². The fraction of sp³-hybridized carbons (Fsp3) is 0.571. The zero-order valence-electron chi connectivity index (χ0n) is 11.7. The van der Waals surface area contributed by atoms with Crippen LogP contribution in [0.3, 0.4) is 0 Å². The molecule has 1 aromatic rings. The highest BCUT2D eigenvalue weighted by molar-refractivity contribution is 5.95. The number of amidine groups is 1. The zero-order valence-corrected chi connectivity index (χ0v) is 11.7. The van der Waals surface area contributed by atoms with Crippen molar-refractivity contribution in [3.63, 3.8) is 0 Å². The van der Waals surface area contributed by atoms with Gasteiger partial charge in [0.25, 0.3) is 0 Å². The van der Waals surface area contributed by atoms with Crippen molar-refractivity contribution in [2.24, 2.45) is 10.9 Å². The lowest BCUT2D eigenvalue weighted by atomic mass is 10.1. The first-order chi connectivity index (χ1) is 9.17. The maximum Gasteiger partial charge on any atom is 0.214 e. The normalized spacial score (nSPS) is 13.3. The predicted molar refractivity (Wildman–Crippen MR) is 75.6 cm³/mol. The molecule has 0 saturated carbocycles. The van der Waals surface area contributed by atoms with E-state index in [0.717, 1.165) is 12.8 Å². The van der Waals surface area contributed by atoms with Gasteiger partial charge in [-0.15, -0.1) is 0 Å². The predicted octanol–water partition coefficient (Wildman–Crippen LogP) is 2.91. The number of unbranched alkanes of at least 4 members (excludes halogenated alkanes) is 3. The molecule has 3 N–H and O–H groups in total. The van der Waals surface area contributed by atoms with Gasteiger partial charge in [-0.3, -0.25) is 0 Å². The minimum absolute atomic E-state index is 0.0129. The van der Waals surface area contributed by atoms with Crippen molar-refractivity contribution < 1.29 is 9.94 Å². The third kappa shape index (κ3) is 5.59. The molecule has 0 radical (unpaired) electrons. The highest BCUT2D eigenvalue weighted by Gasteiger charge is 2.07. The SMILES string of the molecule is CCCCCCC(C)Oc1cccc(C(N)=NO)n1. The summed E-state index contributed by atoms with van der Waals surface area (Å²) in [7, 11) is 0. The molecule has 0 aliphatic rings. The summed E-state index contributed by atoms with van der Waals surface area (Å²) in [5.74, 6) is 0.494. The van der Waals surface area contributed by atoms with Gasteiger partial charge in [0.1, 0.15) is 5.69 Å². The van der Waals surface area contributed by atoms with Gasteiger partial charge in [0.15, 0.2) is 5.84 Å². The molecule has 0 amide bonds. The number of hydrogen-bond donors (Lipinski definition) is 2. The van der Waals surface area contributed by atoms with Crippen LogP contribution in [0.2, 0.25) is 0 Å². The number of aromatic nitrogens is 1. The Balaban J connectivity index is 2.48. The third-order valence-electron chi connectivity index (χ3n) is 2.88. The first-order valence-electron chi connectivity index (χ1n) is 6.79. The Hall–Kier alpha value is -1.78. The summed E-state index contributed by atoms with van der Waals surface area (Å²) in [5.41, 5.74) is 5.90. The van der Waals surface area contributed by atoms with Gasteiger partial charge in [-0.2, -0.15) is 0 Å². The van der Waals surface area contributed by atoms with Crippen molar-refractivity contribution in [3.8, 4) is 5.88 Å². The van der Waals surface area contributed by atoms with Crippen LogP contribution < -0.4 is 10.5 Å². The number of pyridine rings is 1. The Morgan fingerprint density at radius 3 is 2.89 bits per heavy atom. The second-order valence-electron chi connectivity index (χ2n) is 4.62. The summed E-state index contributed by atoms with van der Waals surface area (Å²) in [4.78, 5) is 4.19. The molecule has 19 heavy (non-hydrogen) atoms. The maximum atomic E-state index is 8.61. The van der Waals surface area contributed by atoms with E-state index in [1.165, 1.54) is 19.3 Å². The summed E-state index contributed by atoms with van der Waals surface area (Å²) in [5, 5.41) is 11.5. The van der Waals surface area contributed by atoms with E-state index < -0.39 is 0 Å². The standard InChI is InChI=1S/C14H23N3O2/c1-3-4-5-6-8-11(2)19-13-10-7-9-12(16-13)14(15)17-18/h7,9-11,18H,3-6,8H2,1-2H3,(H2,15,17). The lowest BCUT2D eigenvalue weighted by Crippen LogP contribution is -2.17. The van der Waals surface area contributed by atoms with Crippen LogP contribution in [0.25, 0.3) is 0 Å². The Labute approximate surface area is 114 Å². The van der Waals surface area contributed by atoms with Gasteiger partial charge in [0.2, 0.25) is 5.88 Å². The number of nitrogens with zero attached hydrogens (tertiary/aromatic N) is 2. The molecular weight excluding hydrogens is 242 g/mol. The first-order valence-corrected chi connectivity index (χ1v) is 6.79. The number of nitrogens with two attached hydrogens (primary N) is 1. The zero-order chi connectivity index (χ0) is 14.1. The molecule has 1 atom stereocenters. The Morgan fingerprint density at radius 2 is 2.21 bits per heavy atom. The maximum absolute atomic E-state index is 8.61. The second-order valence-corrected chi connectivity index (χ2v) is 4.62. The van der Waals surface area contributed by atoms with E-state index in [4.69, 9.17) is 15.7 Å². The lowest BCUT2D eigenvalue weighted by Gasteiger charge is -2.14. The van der Waals surface area contributed by atoms with Crippen molar-refractivity contribution in [2.75, 3.05) is 0 Å². The van der Waals surface area contributed by atoms with E-state index in [2.05, 4.69) is 17.1 Å². The van der Waals surface area contributed by atoms with Gasteiger partial charge < -0.3 is 15.7 Å². The molecule has 0 saturated heterocycles. The molecule has 0 spiro atoms. The van der Waals surface area contributed by atoms with Crippen molar-refractivity contribution in [3.05, 3.63) is 23.9 Å². The molecule has 0 aliphatic carbocycles. The average Bonchev–Trinajstić information content (AvgIpc) is 2.43. The van der Waals surface area contributed by atoms with Gasteiger partial charge in [0, 0.05) is 6.07 Å². The number of hydrogen-bond acceptors (Lipinski definition) is 4. The molecule has 1 unspecified atom stereocenters. The summed E-state index contributed by atoms with van der Waals surface area (Å²) in [6.45, 7) is 4.23. The molecular formula is C14H23N3O2. The summed E-state index contributed by atoms with van der Waals surface area (Å²) in [6.07, 6.45) is 6.03. The van der Waals surface area contributed by atoms with Gasteiger partial charge in [-0.1, -0.05) is 37.4 Å². The van der Waals surface area contributed by atoms with E-state index in [0.29, 0.717) is 11.6 Å². The van der Waals surface area contributed by atoms with Gasteiger partial charge in [-0.25, -0.2) is 4.98 Å². The molecule has 0 fully saturated rings. The summed E-state index contributed by atoms with van der Waals surface area (Å²) in [6, 6.07) is 5.23.